The Hall–Kier alpha value is -3.00. The maximum absolute atomic E-state index is 11.8. The fourth-order valence-corrected chi connectivity index (χ4v) is 2.64. The van der Waals surface area contributed by atoms with Crippen LogP contribution in [0, 0.1) is 20.8 Å². The second-order valence-corrected chi connectivity index (χ2v) is 6.06. The highest BCUT2D eigenvalue weighted by molar-refractivity contribution is 6.49. The number of hydrogen-bond donors (Lipinski definition) is 0. The molecule has 0 saturated carbocycles. The predicted molar refractivity (Wildman–Crippen MR) is 102 cm³/mol. The number of rotatable bonds is 3. The van der Waals surface area contributed by atoms with Crippen LogP contribution in [0.4, 0.5) is 0 Å². The van der Waals surface area contributed by atoms with E-state index in [2.05, 4.69) is 39.0 Å². The Kier molecular flexibility index (Phi) is 6.41. The van der Waals surface area contributed by atoms with E-state index in [1.165, 1.54) is 16.7 Å². The Morgan fingerprint density at radius 3 is 1.08 bits per heavy atom. The number of aryl methyl sites for hydroxylation is 3. The van der Waals surface area contributed by atoms with Crippen molar-refractivity contribution in [2.45, 2.75) is 20.8 Å². The second-order valence-electron chi connectivity index (χ2n) is 6.06. The summed E-state index contributed by atoms with van der Waals surface area (Å²) in [7, 11) is 0. The largest absolute Gasteiger partial charge is 0.285 e. The summed E-state index contributed by atoms with van der Waals surface area (Å²) in [5.41, 5.74) is 4.92. The summed E-state index contributed by atoms with van der Waals surface area (Å²) < 4.78 is 0. The van der Waals surface area contributed by atoms with E-state index in [0.717, 1.165) is 0 Å². The molecule has 0 unspecified atom stereocenters. The molecule has 2 nitrogen and oxygen atoms in total. The number of hydrogen-bond acceptors (Lipinski definition) is 2. The Labute approximate surface area is 149 Å². The van der Waals surface area contributed by atoms with Gasteiger partial charge in [0, 0.05) is 11.1 Å². The van der Waals surface area contributed by atoms with Gasteiger partial charge in [0.25, 0.3) is 0 Å². The van der Waals surface area contributed by atoms with Crippen LogP contribution in [0.3, 0.4) is 0 Å². The molecule has 25 heavy (non-hydrogen) atoms. The topological polar surface area (TPSA) is 34.1 Å². The number of carbonyl (C=O) groups is 2. The number of Topliss-reactive ketones (excluding diaryl/α,β-unsaturated/α-hetero) is 2. The van der Waals surface area contributed by atoms with E-state index in [1.807, 2.05) is 12.1 Å². The minimum Gasteiger partial charge on any atom is -0.285 e. The SMILES string of the molecule is Cc1cc(C)cc(C)c1.O=C(C(=O)c1ccccc1)c1ccccc1. The molecule has 3 aromatic rings. The van der Waals surface area contributed by atoms with E-state index in [4.69, 9.17) is 0 Å². The van der Waals surface area contributed by atoms with Crippen molar-refractivity contribution < 1.29 is 9.59 Å². The Morgan fingerprint density at radius 1 is 0.520 bits per heavy atom. The molecule has 0 spiro atoms. The summed E-state index contributed by atoms with van der Waals surface area (Å²) in [5, 5.41) is 0. The zero-order chi connectivity index (χ0) is 18.2. The molecule has 126 valence electrons. The zero-order valence-corrected chi connectivity index (χ0v) is 14.8. The third-order valence-corrected chi connectivity index (χ3v) is 3.64. The first-order valence-electron chi connectivity index (χ1n) is 8.21. The summed E-state index contributed by atoms with van der Waals surface area (Å²) in [5.74, 6) is -0.932. The number of ketones is 2. The van der Waals surface area contributed by atoms with Crippen LogP contribution in [-0.4, -0.2) is 11.6 Å². The van der Waals surface area contributed by atoms with Gasteiger partial charge in [-0.3, -0.25) is 9.59 Å². The molecule has 0 bridgehead atoms. The van der Waals surface area contributed by atoms with E-state index >= 15 is 0 Å². The van der Waals surface area contributed by atoms with Gasteiger partial charge in [0.05, 0.1) is 0 Å². The number of benzene rings is 3. The summed E-state index contributed by atoms with van der Waals surface area (Å²) in [6.45, 7) is 6.38. The van der Waals surface area contributed by atoms with Gasteiger partial charge in [-0.1, -0.05) is 95.6 Å². The van der Waals surface area contributed by atoms with Crippen molar-refractivity contribution in [1.29, 1.82) is 0 Å². The van der Waals surface area contributed by atoms with Gasteiger partial charge in [-0.05, 0) is 20.8 Å². The molecule has 0 aliphatic carbocycles. The molecular formula is C23H22O2. The van der Waals surface area contributed by atoms with Gasteiger partial charge in [0.1, 0.15) is 0 Å². The Balaban J connectivity index is 0.000000212. The van der Waals surface area contributed by atoms with Crippen molar-refractivity contribution in [3.05, 3.63) is 107 Å². The summed E-state index contributed by atoms with van der Waals surface area (Å²) in [6, 6.07) is 23.7. The van der Waals surface area contributed by atoms with Crippen molar-refractivity contribution in [2.24, 2.45) is 0 Å². The van der Waals surface area contributed by atoms with Crippen LogP contribution in [0.25, 0.3) is 0 Å². The van der Waals surface area contributed by atoms with Crippen molar-refractivity contribution in [3.63, 3.8) is 0 Å². The van der Waals surface area contributed by atoms with Gasteiger partial charge in [-0.2, -0.15) is 0 Å². The van der Waals surface area contributed by atoms with E-state index in [1.54, 1.807) is 48.5 Å². The first kappa shape index (κ1) is 18.3. The zero-order valence-electron chi connectivity index (χ0n) is 14.8. The van der Waals surface area contributed by atoms with E-state index in [-0.39, 0.29) is 0 Å². The second kappa shape index (κ2) is 8.74. The number of carbonyl (C=O) groups excluding carboxylic acids is 2. The average Bonchev–Trinajstić information content (AvgIpc) is 2.61. The van der Waals surface area contributed by atoms with Crippen LogP contribution in [-0.2, 0) is 0 Å². The molecule has 0 aromatic heterocycles. The summed E-state index contributed by atoms with van der Waals surface area (Å²) in [6.07, 6.45) is 0. The monoisotopic (exact) mass is 330 g/mol. The maximum atomic E-state index is 11.8. The molecule has 0 heterocycles. The predicted octanol–water partition coefficient (Wildman–Crippen LogP) is 5.36. The Morgan fingerprint density at radius 2 is 0.800 bits per heavy atom. The quantitative estimate of drug-likeness (QED) is 0.478. The smallest absolute Gasteiger partial charge is 0.233 e. The molecule has 0 amide bonds. The molecular weight excluding hydrogens is 308 g/mol. The lowest BCUT2D eigenvalue weighted by Crippen LogP contribution is -2.14. The normalized spacial score (nSPS) is 9.72. The molecule has 2 heteroatoms. The third kappa shape index (κ3) is 5.54. The minimum atomic E-state index is -0.466. The fourth-order valence-electron chi connectivity index (χ4n) is 2.64. The molecule has 0 saturated heterocycles. The molecule has 0 N–H and O–H groups in total. The highest BCUT2D eigenvalue weighted by Crippen LogP contribution is 2.07. The molecule has 3 rings (SSSR count). The van der Waals surface area contributed by atoms with E-state index in [9.17, 15) is 9.59 Å². The van der Waals surface area contributed by atoms with Crippen LogP contribution >= 0.6 is 0 Å². The molecule has 0 atom stereocenters. The fraction of sp³-hybridized carbons (Fsp3) is 0.130. The van der Waals surface area contributed by atoms with Gasteiger partial charge in [0.15, 0.2) is 0 Å². The van der Waals surface area contributed by atoms with Gasteiger partial charge in [-0.15, -0.1) is 0 Å². The highest BCUT2D eigenvalue weighted by atomic mass is 16.2. The summed E-state index contributed by atoms with van der Waals surface area (Å²) >= 11 is 0. The van der Waals surface area contributed by atoms with Crippen LogP contribution in [0.5, 0.6) is 0 Å². The van der Waals surface area contributed by atoms with Gasteiger partial charge in [0.2, 0.25) is 11.6 Å². The lowest BCUT2D eigenvalue weighted by atomic mass is 10.0. The van der Waals surface area contributed by atoms with Crippen LogP contribution in [0.2, 0.25) is 0 Å². The third-order valence-electron chi connectivity index (χ3n) is 3.64. The van der Waals surface area contributed by atoms with Crippen molar-refractivity contribution in [3.8, 4) is 0 Å². The van der Waals surface area contributed by atoms with Gasteiger partial charge < -0.3 is 0 Å². The molecule has 0 aliphatic rings. The first-order chi connectivity index (χ1) is 12.0. The minimum absolute atomic E-state index is 0.427. The molecule has 0 radical (unpaired) electrons. The first-order valence-corrected chi connectivity index (χ1v) is 8.21. The van der Waals surface area contributed by atoms with Crippen LogP contribution < -0.4 is 0 Å². The average molecular weight is 330 g/mol. The van der Waals surface area contributed by atoms with Gasteiger partial charge >= 0.3 is 0 Å². The molecule has 0 aliphatic heterocycles. The Bertz CT molecular complexity index is 750. The van der Waals surface area contributed by atoms with Gasteiger partial charge in [-0.25, -0.2) is 0 Å². The van der Waals surface area contributed by atoms with Crippen molar-refractivity contribution >= 4 is 11.6 Å². The maximum Gasteiger partial charge on any atom is 0.233 e. The van der Waals surface area contributed by atoms with E-state index in [0.29, 0.717) is 11.1 Å². The standard InChI is InChI=1S/C14H10O2.C9H12/c15-13(11-7-3-1-4-8-11)14(16)12-9-5-2-6-10-12;1-7-4-8(2)6-9(3)5-7/h1-10H;4-6H,1-3H3. The molecule has 0 fully saturated rings. The highest BCUT2D eigenvalue weighted by Gasteiger charge is 2.16. The van der Waals surface area contributed by atoms with Crippen LogP contribution in [0.1, 0.15) is 37.4 Å². The van der Waals surface area contributed by atoms with Crippen molar-refractivity contribution in [2.75, 3.05) is 0 Å². The molecule has 3 aromatic carbocycles. The lowest BCUT2D eigenvalue weighted by molar-refractivity contribution is 0.0817. The van der Waals surface area contributed by atoms with Crippen LogP contribution in [0.15, 0.2) is 78.9 Å². The van der Waals surface area contributed by atoms with Crippen molar-refractivity contribution in [1.82, 2.24) is 0 Å². The van der Waals surface area contributed by atoms with E-state index < -0.39 is 11.6 Å². The summed E-state index contributed by atoms with van der Waals surface area (Å²) in [4.78, 5) is 23.6. The lowest BCUT2D eigenvalue weighted by Gasteiger charge is -1.99.